The van der Waals surface area contributed by atoms with Crippen molar-refractivity contribution < 1.29 is 22.7 Å². The number of nitrogens with zero attached hydrogens (tertiary/aromatic N) is 2. The van der Waals surface area contributed by atoms with Crippen molar-refractivity contribution in [2.24, 2.45) is 17.6 Å². The summed E-state index contributed by atoms with van der Waals surface area (Å²) in [4.78, 5) is 12.4. The van der Waals surface area contributed by atoms with E-state index in [0.717, 1.165) is 12.1 Å². The Labute approximate surface area is 167 Å². The Morgan fingerprint density at radius 3 is 2.62 bits per heavy atom. The van der Waals surface area contributed by atoms with Gasteiger partial charge in [0.1, 0.15) is 12.1 Å². The minimum atomic E-state index is -4.45. The van der Waals surface area contributed by atoms with E-state index in [-0.39, 0.29) is 11.8 Å². The highest BCUT2D eigenvalue weighted by molar-refractivity contribution is 5.76. The molecule has 1 aromatic heterocycles. The van der Waals surface area contributed by atoms with Gasteiger partial charge in [-0.1, -0.05) is 32.9 Å². The van der Waals surface area contributed by atoms with Crippen LogP contribution in [0.1, 0.15) is 50.1 Å². The Morgan fingerprint density at radius 1 is 1.24 bits per heavy atom. The van der Waals surface area contributed by atoms with Gasteiger partial charge in [0.05, 0.1) is 17.0 Å². The zero-order valence-corrected chi connectivity index (χ0v) is 16.5. The van der Waals surface area contributed by atoms with E-state index in [1.165, 1.54) is 6.07 Å². The summed E-state index contributed by atoms with van der Waals surface area (Å²) in [5.41, 5.74) is 7.12. The molecular weight excluding hydrogens is 383 g/mol. The Balaban J connectivity index is 1.95. The number of carbonyl (C=O) groups is 1. The van der Waals surface area contributed by atoms with Crippen LogP contribution in [-0.2, 0) is 22.1 Å². The van der Waals surface area contributed by atoms with Gasteiger partial charge in [-0.05, 0) is 42.9 Å². The first-order valence-electron chi connectivity index (χ1n) is 9.56. The molecule has 3 rings (SSSR count). The van der Waals surface area contributed by atoms with Crippen molar-refractivity contribution in [2.75, 3.05) is 0 Å². The van der Waals surface area contributed by atoms with Gasteiger partial charge < -0.3 is 10.5 Å². The van der Waals surface area contributed by atoms with Gasteiger partial charge in [0.25, 0.3) is 0 Å². The van der Waals surface area contributed by atoms with Crippen LogP contribution in [0.5, 0.6) is 0 Å². The first kappa shape index (κ1) is 21.2. The molecule has 2 aromatic rings. The maximum atomic E-state index is 13.0. The molecule has 0 aliphatic heterocycles. The molecule has 5 nitrogen and oxygen atoms in total. The van der Waals surface area contributed by atoms with Crippen LogP contribution in [0.15, 0.2) is 30.3 Å². The molecule has 2 unspecified atom stereocenters. The van der Waals surface area contributed by atoms with E-state index in [2.05, 4.69) is 10.2 Å². The summed E-state index contributed by atoms with van der Waals surface area (Å²) >= 11 is 0. The maximum Gasteiger partial charge on any atom is 0.416 e. The van der Waals surface area contributed by atoms with Crippen LogP contribution in [0.3, 0.4) is 0 Å². The molecule has 0 saturated carbocycles. The number of aromatic nitrogens is 2. The van der Waals surface area contributed by atoms with Crippen molar-refractivity contribution in [2.45, 2.75) is 51.9 Å². The van der Waals surface area contributed by atoms with Crippen molar-refractivity contribution in [3.05, 3.63) is 47.2 Å². The second kappa shape index (κ2) is 8.10. The number of halogens is 3. The molecule has 0 fully saturated rings. The van der Waals surface area contributed by atoms with Crippen molar-refractivity contribution >= 4 is 5.97 Å². The molecule has 0 spiro atoms. The topological polar surface area (TPSA) is 78.1 Å². The molecular formula is C21H24F3N3O2. The zero-order chi connectivity index (χ0) is 21.3. The van der Waals surface area contributed by atoms with Crippen molar-refractivity contribution in [3.8, 4) is 11.3 Å². The number of alkyl halides is 3. The maximum absolute atomic E-state index is 13.0. The third-order valence-corrected chi connectivity index (χ3v) is 5.14. The molecule has 2 N–H and O–H groups in total. The Hall–Kier alpha value is -2.48. The van der Waals surface area contributed by atoms with E-state index >= 15 is 0 Å². The fourth-order valence-corrected chi connectivity index (χ4v) is 3.37. The van der Waals surface area contributed by atoms with E-state index in [4.69, 9.17) is 10.5 Å². The molecule has 1 heterocycles. The number of nitrogens with two attached hydrogens (primary N) is 1. The minimum absolute atomic E-state index is 0.0702. The van der Waals surface area contributed by atoms with E-state index in [1.54, 1.807) is 12.1 Å². The highest BCUT2D eigenvalue weighted by Crippen LogP contribution is 2.37. The third kappa shape index (κ3) is 4.75. The lowest BCUT2D eigenvalue weighted by Crippen LogP contribution is -2.38. The molecule has 8 heteroatoms. The molecule has 156 valence electrons. The van der Waals surface area contributed by atoms with Gasteiger partial charge >= 0.3 is 12.1 Å². The van der Waals surface area contributed by atoms with E-state index in [0.29, 0.717) is 35.4 Å². The lowest BCUT2D eigenvalue weighted by atomic mass is 9.85. The van der Waals surface area contributed by atoms with Gasteiger partial charge in [-0.2, -0.15) is 23.4 Å². The third-order valence-electron chi connectivity index (χ3n) is 5.14. The van der Waals surface area contributed by atoms with E-state index in [9.17, 15) is 18.0 Å². The van der Waals surface area contributed by atoms with Gasteiger partial charge in [-0.15, -0.1) is 0 Å². The van der Waals surface area contributed by atoms with Crippen LogP contribution >= 0.6 is 0 Å². The molecule has 0 radical (unpaired) electrons. The summed E-state index contributed by atoms with van der Waals surface area (Å²) in [6, 6.07) is 5.86. The van der Waals surface area contributed by atoms with Crippen LogP contribution in [0.2, 0.25) is 0 Å². The fourth-order valence-electron chi connectivity index (χ4n) is 3.37. The van der Waals surface area contributed by atoms with Gasteiger partial charge in [-0.25, -0.2) is 0 Å². The molecule has 1 aliphatic carbocycles. The number of rotatable bonds is 4. The van der Waals surface area contributed by atoms with Crippen LogP contribution in [0, 0.1) is 11.8 Å². The number of hydrogen-bond donors (Lipinski definition) is 1. The summed E-state index contributed by atoms with van der Waals surface area (Å²) in [7, 11) is 0. The van der Waals surface area contributed by atoms with Crippen LogP contribution in [0.4, 0.5) is 13.2 Å². The normalized spacial score (nSPS) is 20.3. The van der Waals surface area contributed by atoms with Gasteiger partial charge in [0.15, 0.2) is 0 Å². The molecule has 0 amide bonds. The standard InChI is InChI=1S/C21H24F3N3O2/c1-11(2)19(25)20(28)29-18-8-12(3)7-17-15(18)10-16(26-27-17)13-5-4-6-14(9-13)21(22,23)24/h4-6,9-12,18-19H,7-8,25H2,1-3H3/t12?,18?,19-/m0/s1. The molecule has 1 aliphatic rings. The molecule has 0 saturated heterocycles. The number of esters is 1. The predicted octanol–water partition coefficient (Wildman–Crippen LogP) is 4.31. The summed E-state index contributed by atoms with van der Waals surface area (Å²) in [5, 5.41) is 8.34. The predicted molar refractivity (Wildman–Crippen MR) is 102 cm³/mol. The smallest absolute Gasteiger partial charge is 0.416 e. The molecule has 29 heavy (non-hydrogen) atoms. The Morgan fingerprint density at radius 2 is 1.97 bits per heavy atom. The number of ether oxygens (including phenoxy) is 1. The summed E-state index contributed by atoms with van der Waals surface area (Å²) in [6.45, 7) is 5.69. The van der Waals surface area contributed by atoms with E-state index < -0.39 is 29.9 Å². The number of carbonyl (C=O) groups excluding carboxylic acids is 1. The monoisotopic (exact) mass is 407 g/mol. The lowest BCUT2D eigenvalue weighted by Gasteiger charge is -2.30. The average Bonchev–Trinajstić information content (AvgIpc) is 2.66. The summed E-state index contributed by atoms with van der Waals surface area (Å²) in [5.74, 6) is -0.342. The first-order valence-corrected chi connectivity index (χ1v) is 9.56. The second-order valence-corrected chi connectivity index (χ2v) is 7.95. The first-order chi connectivity index (χ1) is 13.6. The van der Waals surface area contributed by atoms with Crippen molar-refractivity contribution in [1.29, 1.82) is 0 Å². The van der Waals surface area contributed by atoms with Gasteiger partial charge in [0.2, 0.25) is 0 Å². The number of benzene rings is 1. The zero-order valence-electron chi connectivity index (χ0n) is 16.5. The molecule has 1 aromatic carbocycles. The van der Waals surface area contributed by atoms with Crippen LogP contribution in [0.25, 0.3) is 11.3 Å². The SMILES string of the molecule is CC1Cc2nnc(-c3cccc(C(F)(F)F)c3)cc2C(OC(=O)[C@@H](N)C(C)C)C1. The van der Waals surface area contributed by atoms with Crippen molar-refractivity contribution in [1.82, 2.24) is 10.2 Å². The lowest BCUT2D eigenvalue weighted by molar-refractivity contribution is -0.153. The second-order valence-electron chi connectivity index (χ2n) is 7.95. The highest BCUT2D eigenvalue weighted by Gasteiger charge is 2.33. The highest BCUT2D eigenvalue weighted by atomic mass is 19.4. The Kier molecular flexibility index (Phi) is 5.93. The quantitative estimate of drug-likeness (QED) is 0.764. The number of fused-ring (bicyclic) bond motifs is 1. The fraction of sp³-hybridized carbons (Fsp3) is 0.476. The number of hydrogen-bond acceptors (Lipinski definition) is 5. The molecule has 3 atom stereocenters. The summed E-state index contributed by atoms with van der Waals surface area (Å²) in [6.07, 6.45) is -3.74. The minimum Gasteiger partial charge on any atom is -0.456 e. The van der Waals surface area contributed by atoms with Crippen molar-refractivity contribution in [3.63, 3.8) is 0 Å². The van der Waals surface area contributed by atoms with Gasteiger partial charge in [0, 0.05) is 11.1 Å². The van der Waals surface area contributed by atoms with Crippen LogP contribution in [-0.4, -0.2) is 22.2 Å². The molecule has 0 bridgehead atoms. The van der Waals surface area contributed by atoms with E-state index in [1.807, 2.05) is 20.8 Å². The van der Waals surface area contributed by atoms with Gasteiger partial charge in [-0.3, -0.25) is 4.79 Å². The average molecular weight is 407 g/mol. The Bertz CT molecular complexity index is 899. The summed E-state index contributed by atoms with van der Waals surface area (Å²) < 4.78 is 44.8. The van der Waals surface area contributed by atoms with Crippen LogP contribution < -0.4 is 5.73 Å². The largest absolute Gasteiger partial charge is 0.456 e.